The summed E-state index contributed by atoms with van der Waals surface area (Å²) in [7, 11) is 0. The molecule has 6 heteroatoms. The Hall–Kier alpha value is -5.25. The van der Waals surface area contributed by atoms with Crippen molar-refractivity contribution in [3.05, 3.63) is 162 Å². The van der Waals surface area contributed by atoms with E-state index < -0.39 is 12.5 Å². The number of hydrogen-bond donors (Lipinski definition) is 1. The van der Waals surface area contributed by atoms with Crippen molar-refractivity contribution in [2.75, 3.05) is 5.32 Å². The highest BCUT2D eigenvalue weighted by atomic mass is 31.2. The molecule has 0 amide bonds. The number of carbonyl (C=O) groups excluding carboxylic acids is 1. The molecule has 1 N–H and O–H groups in total. The number of fused-ring (bicyclic) bond motifs is 3. The summed E-state index contributed by atoms with van der Waals surface area (Å²) in [4.78, 5) is 33.7. The second kappa shape index (κ2) is 10.6. The number of anilines is 1. The van der Waals surface area contributed by atoms with E-state index in [1.807, 2.05) is 97.1 Å². The summed E-state index contributed by atoms with van der Waals surface area (Å²) in [6.07, 6.45) is 0. The molecular weight excluding hydrogens is 539 g/mol. The van der Waals surface area contributed by atoms with Gasteiger partial charge in [0, 0.05) is 11.1 Å². The van der Waals surface area contributed by atoms with Crippen LogP contribution in [0.15, 0.2) is 160 Å². The molecule has 0 fully saturated rings. The number of hydrogen-bond acceptors (Lipinski definition) is 5. The van der Waals surface area contributed by atoms with E-state index in [1.165, 1.54) is 0 Å². The summed E-state index contributed by atoms with van der Waals surface area (Å²) in [6.45, 7) is -2.92. The fourth-order valence-electron chi connectivity index (χ4n) is 5.69. The van der Waals surface area contributed by atoms with Gasteiger partial charge < -0.3 is 9.73 Å². The van der Waals surface area contributed by atoms with E-state index in [-0.39, 0.29) is 11.3 Å². The van der Waals surface area contributed by atoms with Crippen LogP contribution in [0.3, 0.4) is 0 Å². The number of amidine groups is 1. The molecule has 0 radical (unpaired) electrons. The molecule has 2 heterocycles. The second-order valence-electron chi connectivity index (χ2n) is 9.92. The van der Waals surface area contributed by atoms with Crippen molar-refractivity contribution in [1.82, 2.24) is 0 Å². The number of nitrogens with zero attached hydrogens (tertiary/aromatic N) is 1. The normalized spacial score (nSPS) is 13.0. The van der Waals surface area contributed by atoms with E-state index in [4.69, 9.17) is 9.41 Å². The first-order valence-corrected chi connectivity index (χ1v) is 15.4. The van der Waals surface area contributed by atoms with Gasteiger partial charge in [-0.05, 0) is 47.1 Å². The zero-order chi connectivity index (χ0) is 28.5. The molecule has 0 spiro atoms. The Morgan fingerprint density at radius 1 is 0.571 bits per heavy atom. The summed E-state index contributed by atoms with van der Waals surface area (Å²) in [5.41, 5.74) is 0.747. The van der Waals surface area contributed by atoms with Crippen LogP contribution >= 0.6 is 6.89 Å². The van der Waals surface area contributed by atoms with Gasteiger partial charge in [-0.25, -0.2) is 9.79 Å². The number of ketones is 1. The first-order valence-electron chi connectivity index (χ1n) is 13.6. The molecule has 42 heavy (non-hydrogen) atoms. The third-order valence-electron chi connectivity index (χ3n) is 7.48. The number of nitrogens with one attached hydrogen (secondary N) is 1. The molecule has 0 unspecified atom stereocenters. The summed E-state index contributed by atoms with van der Waals surface area (Å²) in [6, 6.07) is 47.1. The van der Waals surface area contributed by atoms with Gasteiger partial charge in [0.1, 0.15) is 17.0 Å². The Kier molecular flexibility index (Phi) is 6.50. The minimum atomic E-state index is -2.92. The van der Waals surface area contributed by atoms with E-state index in [0.717, 1.165) is 21.6 Å². The molecule has 5 nitrogen and oxygen atoms in total. The number of benzene rings is 5. The maximum absolute atomic E-state index is 15.1. The number of carbonyl (C=O) groups is 1. The fraction of sp³-hybridized carbons (Fsp3) is 0. The lowest BCUT2D eigenvalue weighted by atomic mass is 10.0. The van der Waals surface area contributed by atoms with E-state index in [9.17, 15) is 4.79 Å². The number of rotatable bonds is 4. The van der Waals surface area contributed by atoms with Crippen LogP contribution in [0.4, 0.5) is 11.4 Å². The molecule has 6 aromatic rings. The zero-order valence-electron chi connectivity index (χ0n) is 22.5. The monoisotopic (exact) mass is 564 g/mol. The highest BCUT2D eigenvalue weighted by Gasteiger charge is 2.40. The minimum Gasteiger partial charge on any atom is -0.422 e. The van der Waals surface area contributed by atoms with Gasteiger partial charge >= 0.3 is 5.63 Å². The van der Waals surface area contributed by atoms with Crippen molar-refractivity contribution in [3.8, 4) is 0 Å². The van der Waals surface area contributed by atoms with E-state index >= 15 is 4.79 Å². The summed E-state index contributed by atoms with van der Waals surface area (Å²) >= 11 is 0. The molecule has 202 valence electrons. The standard InChI is InChI=1S/C36H25N2O3P/c39-33-31-32(29-23-13-14-24-30(29)41-36(31)40)38-35(37-25-15-5-1-6-16-25)34(33)42(26-17-7-2-8-18-26,27-19-9-3-10-20-27)28-21-11-4-12-22-28/h1-24H,(H,37,38). The van der Waals surface area contributed by atoms with Crippen LogP contribution in [0, 0.1) is 0 Å². The number of para-hydroxylation sites is 2. The quantitative estimate of drug-likeness (QED) is 0.202. The van der Waals surface area contributed by atoms with Crippen LogP contribution in [0.25, 0.3) is 11.0 Å². The topological polar surface area (TPSA) is 71.7 Å². The molecule has 0 saturated carbocycles. The van der Waals surface area contributed by atoms with E-state index in [0.29, 0.717) is 27.8 Å². The van der Waals surface area contributed by atoms with Crippen LogP contribution in [0.5, 0.6) is 0 Å². The maximum Gasteiger partial charge on any atom is 0.349 e. The summed E-state index contributed by atoms with van der Waals surface area (Å²) in [5.74, 6) is 0.0298. The number of aliphatic imine (C=N–C) groups is 1. The van der Waals surface area contributed by atoms with Crippen LogP contribution < -0.4 is 26.9 Å². The lowest BCUT2D eigenvalue weighted by Gasteiger charge is -2.34. The molecule has 0 aliphatic carbocycles. The fourth-order valence-corrected chi connectivity index (χ4v) is 10.1. The van der Waals surface area contributed by atoms with E-state index in [2.05, 4.69) is 41.7 Å². The van der Waals surface area contributed by atoms with Crippen LogP contribution in [0.1, 0.15) is 10.4 Å². The van der Waals surface area contributed by atoms with Crippen molar-refractivity contribution >= 4 is 62.1 Å². The third kappa shape index (κ3) is 4.14. The molecule has 1 aliphatic rings. The van der Waals surface area contributed by atoms with Gasteiger partial charge in [-0.15, -0.1) is 0 Å². The lowest BCUT2D eigenvalue weighted by molar-refractivity contribution is 0.106. The average Bonchev–Trinajstić information content (AvgIpc) is 3.04. The lowest BCUT2D eigenvalue weighted by Crippen LogP contribution is -2.43. The van der Waals surface area contributed by atoms with Gasteiger partial charge in [0.05, 0.1) is 11.0 Å². The Bertz CT molecular complexity index is 1980. The predicted octanol–water partition coefficient (Wildman–Crippen LogP) is 6.30. The zero-order valence-corrected chi connectivity index (χ0v) is 23.4. The molecule has 1 aromatic heterocycles. The van der Waals surface area contributed by atoms with Gasteiger partial charge in [-0.2, -0.15) is 0 Å². The Morgan fingerprint density at radius 3 is 1.60 bits per heavy atom. The van der Waals surface area contributed by atoms with Gasteiger partial charge in [0.15, 0.2) is 0 Å². The van der Waals surface area contributed by atoms with Crippen LogP contribution in [-0.4, -0.2) is 16.9 Å². The molecule has 5 aromatic carbocycles. The first kappa shape index (κ1) is 25.7. The Labute approximate surface area is 242 Å². The predicted molar refractivity (Wildman–Crippen MR) is 174 cm³/mol. The third-order valence-corrected chi connectivity index (χ3v) is 11.8. The molecule has 7 rings (SSSR count). The largest absolute Gasteiger partial charge is 0.422 e. The van der Waals surface area contributed by atoms with Crippen molar-refractivity contribution in [2.45, 2.75) is 0 Å². The van der Waals surface area contributed by atoms with Gasteiger partial charge in [-0.1, -0.05) is 121 Å². The minimum absolute atomic E-state index is 0.0468. The van der Waals surface area contributed by atoms with Crippen molar-refractivity contribution in [2.24, 2.45) is 4.99 Å². The van der Waals surface area contributed by atoms with E-state index in [1.54, 1.807) is 12.1 Å². The van der Waals surface area contributed by atoms with Crippen molar-refractivity contribution in [1.29, 1.82) is 0 Å². The van der Waals surface area contributed by atoms with Crippen LogP contribution in [0.2, 0.25) is 0 Å². The second-order valence-corrected chi connectivity index (χ2v) is 13.3. The maximum atomic E-state index is 15.1. The number of Topliss-reactive ketones (excluding diaryl/α,β-unsaturated/α-hetero) is 1. The average molecular weight is 565 g/mol. The molecular formula is C36H25N2O3P. The van der Waals surface area contributed by atoms with Gasteiger partial charge in [0.25, 0.3) is 0 Å². The first-order chi connectivity index (χ1) is 20.7. The summed E-state index contributed by atoms with van der Waals surface area (Å²) in [5, 5.41) is 7.47. The molecule has 0 bridgehead atoms. The highest BCUT2D eigenvalue weighted by molar-refractivity contribution is 7.98. The van der Waals surface area contributed by atoms with Crippen LogP contribution in [-0.2, 0) is 0 Å². The Balaban J connectivity index is 1.71. The van der Waals surface area contributed by atoms with Crippen molar-refractivity contribution in [3.63, 3.8) is 0 Å². The molecule has 1 aliphatic heterocycles. The molecule has 0 saturated heterocycles. The SMILES string of the molecule is O=C1C(=P(c2ccccc2)(c2ccccc2)c2ccccc2)C(Nc2ccccc2)=Nc2c1c(=O)oc1ccccc21. The highest BCUT2D eigenvalue weighted by Crippen LogP contribution is 2.49. The smallest absolute Gasteiger partial charge is 0.349 e. The Morgan fingerprint density at radius 2 is 1.05 bits per heavy atom. The van der Waals surface area contributed by atoms with Crippen molar-refractivity contribution < 1.29 is 9.21 Å². The summed E-state index contributed by atoms with van der Waals surface area (Å²) < 4.78 is 5.70. The molecule has 0 atom stereocenters. The van der Waals surface area contributed by atoms with Gasteiger partial charge in [-0.3, -0.25) is 4.79 Å². The van der Waals surface area contributed by atoms with Gasteiger partial charge in [0.2, 0.25) is 5.78 Å².